The monoisotopic (exact) mass is 402 g/mol. The second-order valence-corrected chi connectivity index (χ2v) is 7.58. The van der Waals surface area contributed by atoms with Crippen molar-refractivity contribution < 1.29 is 10.2 Å². The number of nitrogens with two attached hydrogens (primary N) is 1. The van der Waals surface area contributed by atoms with Crippen LogP contribution >= 0.6 is 0 Å². The van der Waals surface area contributed by atoms with Gasteiger partial charge in [0, 0.05) is 29.2 Å². The smallest absolute Gasteiger partial charge is 0.144 e. The van der Waals surface area contributed by atoms with E-state index < -0.39 is 18.2 Å². The predicted molar refractivity (Wildman–Crippen MR) is 116 cm³/mol. The molecule has 8 heteroatoms. The highest BCUT2D eigenvalue weighted by molar-refractivity contribution is 5.83. The summed E-state index contributed by atoms with van der Waals surface area (Å²) in [5, 5.41) is 26.5. The fraction of sp³-hybridized carbons (Fsp3) is 0.227. The lowest BCUT2D eigenvalue weighted by atomic mass is 10.1. The number of anilines is 2. The zero-order valence-electron chi connectivity index (χ0n) is 16.4. The normalized spacial score (nSPS) is 21.3. The van der Waals surface area contributed by atoms with E-state index >= 15 is 0 Å². The van der Waals surface area contributed by atoms with Gasteiger partial charge in [-0.2, -0.15) is 0 Å². The molecule has 8 nitrogen and oxygen atoms in total. The van der Waals surface area contributed by atoms with Gasteiger partial charge in [0.2, 0.25) is 0 Å². The van der Waals surface area contributed by atoms with Crippen LogP contribution in [0.2, 0.25) is 0 Å². The second-order valence-electron chi connectivity index (χ2n) is 7.58. The van der Waals surface area contributed by atoms with Crippen molar-refractivity contribution in [3.05, 3.63) is 66.3 Å². The molecule has 0 saturated carbocycles. The van der Waals surface area contributed by atoms with E-state index in [1.54, 1.807) is 6.07 Å². The number of benzene rings is 1. The van der Waals surface area contributed by atoms with Crippen LogP contribution < -0.4 is 11.1 Å². The summed E-state index contributed by atoms with van der Waals surface area (Å²) >= 11 is 0. The number of aliphatic hydroxyl groups excluding tert-OH is 2. The molecule has 152 valence electrons. The topological polar surface area (TPSA) is 122 Å². The van der Waals surface area contributed by atoms with Gasteiger partial charge in [-0.05, 0) is 42.8 Å². The highest BCUT2D eigenvalue weighted by Crippen LogP contribution is 2.32. The van der Waals surface area contributed by atoms with E-state index in [0.29, 0.717) is 12.4 Å². The zero-order valence-corrected chi connectivity index (χ0v) is 16.4. The number of fused-ring (bicyclic) bond motifs is 2. The third-order valence-electron chi connectivity index (χ3n) is 5.68. The van der Waals surface area contributed by atoms with Gasteiger partial charge in [0.25, 0.3) is 0 Å². The number of nitrogens with one attached hydrogen (secondary N) is 1. The van der Waals surface area contributed by atoms with Crippen molar-refractivity contribution in [2.75, 3.05) is 17.6 Å². The maximum Gasteiger partial charge on any atom is 0.144 e. The minimum atomic E-state index is -0.961. The lowest BCUT2D eigenvalue weighted by Crippen LogP contribution is -2.30. The Labute approximate surface area is 172 Å². The van der Waals surface area contributed by atoms with Crippen LogP contribution in [0.1, 0.15) is 11.7 Å². The van der Waals surface area contributed by atoms with E-state index in [1.807, 2.05) is 54.1 Å². The number of rotatable bonds is 4. The summed E-state index contributed by atoms with van der Waals surface area (Å²) in [5.41, 5.74) is 9.78. The average molecular weight is 402 g/mol. The first-order chi connectivity index (χ1) is 14.5. The van der Waals surface area contributed by atoms with Gasteiger partial charge in [-0.3, -0.25) is 0 Å². The predicted octanol–water partition coefficient (Wildman–Crippen LogP) is 2.19. The summed E-state index contributed by atoms with van der Waals surface area (Å²) in [6, 6.07) is 11.1. The molecule has 3 aromatic heterocycles. The van der Waals surface area contributed by atoms with Gasteiger partial charge in [-0.25, -0.2) is 15.0 Å². The van der Waals surface area contributed by atoms with Crippen molar-refractivity contribution in [2.24, 2.45) is 0 Å². The van der Waals surface area contributed by atoms with Crippen molar-refractivity contribution in [2.45, 2.75) is 25.2 Å². The number of nitrogens with zero attached hydrogens (tertiary/aromatic N) is 4. The number of nitrogen functional groups attached to an aromatic ring is 1. The molecule has 0 saturated heterocycles. The highest BCUT2D eigenvalue weighted by Gasteiger charge is 2.36. The van der Waals surface area contributed by atoms with Gasteiger partial charge in [0.1, 0.15) is 30.0 Å². The van der Waals surface area contributed by atoms with E-state index in [0.717, 1.165) is 38.9 Å². The standard InChI is InChI=1S/C22H22N6O2/c1-12-16-6-7-28(22(16)26-11-25-12)18-8-14(20(29)21(18)30)10-24-15-4-2-13-3-5-19(23)27-17(13)9-15/h2-9,11,18,20-21,24,29-30H,10H2,1H3,(H2,23,27)/t18-,20-,21+/m1/s1. The molecule has 0 unspecified atom stereocenters. The van der Waals surface area contributed by atoms with Gasteiger partial charge in [-0.15, -0.1) is 0 Å². The van der Waals surface area contributed by atoms with E-state index in [9.17, 15) is 10.2 Å². The van der Waals surface area contributed by atoms with Crippen LogP contribution in [0.15, 0.2) is 60.6 Å². The molecular formula is C22H22N6O2. The Morgan fingerprint density at radius 2 is 1.97 bits per heavy atom. The number of hydrogen-bond acceptors (Lipinski definition) is 7. The van der Waals surface area contributed by atoms with Crippen LogP contribution in [0.5, 0.6) is 0 Å². The Morgan fingerprint density at radius 3 is 2.83 bits per heavy atom. The Hall–Kier alpha value is -3.49. The van der Waals surface area contributed by atoms with Gasteiger partial charge in [0.15, 0.2) is 0 Å². The summed E-state index contributed by atoms with van der Waals surface area (Å²) in [4.78, 5) is 12.9. The Morgan fingerprint density at radius 1 is 1.13 bits per heavy atom. The number of aromatic nitrogens is 4. The van der Waals surface area contributed by atoms with Crippen molar-refractivity contribution >= 4 is 33.4 Å². The molecular weight excluding hydrogens is 380 g/mol. The van der Waals surface area contributed by atoms with Crippen LogP contribution in [0.25, 0.3) is 21.9 Å². The van der Waals surface area contributed by atoms with E-state index in [4.69, 9.17) is 5.73 Å². The second kappa shape index (κ2) is 7.08. The summed E-state index contributed by atoms with van der Waals surface area (Å²) < 4.78 is 1.88. The molecule has 0 aliphatic heterocycles. The molecule has 5 N–H and O–H groups in total. The first-order valence-electron chi connectivity index (χ1n) is 9.76. The quantitative estimate of drug-likeness (QED) is 0.386. The zero-order chi connectivity index (χ0) is 20.8. The molecule has 5 rings (SSSR count). The van der Waals surface area contributed by atoms with Gasteiger partial charge in [-0.1, -0.05) is 12.1 Å². The Kier molecular flexibility index (Phi) is 4.38. The van der Waals surface area contributed by atoms with Crippen LogP contribution in [-0.2, 0) is 0 Å². The fourth-order valence-electron chi connectivity index (χ4n) is 4.02. The minimum absolute atomic E-state index is 0.399. The molecule has 0 fully saturated rings. The van der Waals surface area contributed by atoms with Crippen molar-refractivity contribution in [1.29, 1.82) is 0 Å². The summed E-state index contributed by atoms with van der Waals surface area (Å²) in [5.74, 6) is 0.470. The molecule has 0 amide bonds. The van der Waals surface area contributed by atoms with Crippen LogP contribution in [0.3, 0.4) is 0 Å². The van der Waals surface area contributed by atoms with Crippen LogP contribution in [0, 0.1) is 6.92 Å². The SMILES string of the molecule is Cc1ncnc2c1ccn2[C@@H]1C=C(CNc2ccc3ccc(N)nc3c2)[C@@H](O)[C@H]1O. The highest BCUT2D eigenvalue weighted by atomic mass is 16.3. The van der Waals surface area contributed by atoms with Crippen LogP contribution in [0.4, 0.5) is 11.5 Å². The maximum absolute atomic E-state index is 10.7. The van der Waals surface area contributed by atoms with E-state index in [1.165, 1.54) is 6.33 Å². The summed E-state index contributed by atoms with van der Waals surface area (Å²) in [6.45, 7) is 2.32. The van der Waals surface area contributed by atoms with Gasteiger partial charge >= 0.3 is 0 Å². The number of aryl methyl sites for hydroxylation is 1. The Bertz CT molecular complexity index is 1280. The van der Waals surface area contributed by atoms with Gasteiger partial charge < -0.3 is 25.8 Å². The van der Waals surface area contributed by atoms with Crippen molar-refractivity contribution in [3.8, 4) is 0 Å². The minimum Gasteiger partial charge on any atom is -0.388 e. The number of aliphatic hydroxyl groups is 2. The molecule has 0 radical (unpaired) electrons. The molecule has 3 heterocycles. The first kappa shape index (κ1) is 18.5. The average Bonchev–Trinajstić information content (AvgIpc) is 3.29. The van der Waals surface area contributed by atoms with Crippen molar-refractivity contribution in [1.82, 2.24) is 19.5 Å². The third kappa shape index (κ3) is 3.06. The molecule has 30 heavy (non-hydrogen) atoms. The third-order valence-corrected chi connectivity index (χ3v) is 5.68. The first-order valence-corrected chi connectivity index (χ1v) is 9.76. The molecule has 3 atom stereocenters. The van der Waals surface area contributed by atoms with Crippen LogP contribution in [-0.4, -0.2) is 48.5 Å². The number of pyridine rings is 1. The maximum atomic E-state index is 10.7. The lowest BCUT2D eigenvalue weighted by molar-refractivity contribution is 0.0327. The molecule has 1 aliphatic carbocycles. The summed E-state index contributed by atoms with van der Waals surface area (Å²) in [6.07, 6.45) is 3.37. The summed E-state index contributed by atoms with van der Waals surface area (Å²) in [7, 11) is 0. The van der Waals surface area contributed by atoms with E-state index in [-0.39, 0.29) is 0 Å². The molecule has 0 bridgehead atoms. The molecule has 4 aromatic rings. The Balaban J connectivity index is 1.40. The molecule has 1 aromatic carbocycles. The lowest BCUT2D eigenvalue weighted by Gasteiger charge is -2.19. The van der Waals surface area contributed by atoms with E-state index in [2.05, 4.69) is 20.3 Å². The number of hydrogen-bond donors (Lipinski definition) is 4. The largest absolute Gasteiger partial charge is 0.388 e. The van der Waals surface area contributed by atoms with Crippen molar-refractivity contribution in [3.63, 3.8) is 0 Å². The molecule has 1 aliphatic rings. The fourth-order valence-corrected chi connectivity index (χ4v) is 4.02. The molecule has 0 spiro atoms. The van der Waals surface area contributed by atoms with Gasteiger partial charge in [0.05, 0.1) is 17.3 Å².